The van der Waals surface area contributed by atoms with Crippen LogP contribution in [0.4, 0.5) is 0 Å². The number of aromatic hydroxyl groups is 1. The van der Waals surface area contributed by atoms with Gasteiger partial charge in [0, 0.05) is 17.2 Å². The third kappa shape index (κ3) is 4.97. The normalized spacial score (nSPS) is 18.9. The SMILES string of the molecule is CC(C)(C)c1cc(C(=O)OCC2CCCCN2)cc(C(C)(C)C)c1O. The number of nitrogens with one attached hydrogen (secondary N) is 1. The summed E-state index contributed by atoms with van der Waals surface area (Å²) in [7, 11) is 0. The number of phenols is 1. The van der Waals surface area contributed by atoms with Crippen LogP contribution >= 0.6 is 0 Å². The number of esters is 1. The summed E-state index contributed by atoms with van der Waals surface area (Å²) >= 11 is 0. The van der Waals surface area contributed by atoms with Crippen LogP contribution in [0.1, 0.15) is 82.3 Å². The van der Waals surface area contributed by atoms with Crippen LogP contribution in [0.15, 0.2) is 12.1 Å². The molecule has 2 N–H and O–H groups in total. The minimum Gasteiger partial charge on any atom is -0.507 e. The summed E-state index contributed by atoms with van der Waals surface area (Å²) in [6, 6.07) is 3.81. The van der Waals surface area contributed by atoms with E-state index < -0.39 is 0 Å². The first-order valence-corrected chi connectivity index (χ1v) is 9.28. The Kier molecular flexibility index (Phi) is 5.82. The van der Waals surface area contributed by atoms with Crippen LogP contribution in [0.25, 0.3) is 0 Å². The quantitative estimate of drug-likeness (QED) is 0.801. The lowest BCUT2D eigenvalue weighted by Gasteiger charge is -2.28. The van der Waals surface area contributed by atoms with Gasteiger partial charge in [-0.2, -0.15) is 0 Å². The standard InChI is InChI=1S/C21H33NO3/c1-20(2,3)16-11-14(12-17(18(16)23)21(4,5)6)19(24)25-13-15-9-7-8-10-22-15/h11-12,15,22-23H,7-10,13H2,1-6H3. The van der Waals surface area contributed by atoms with E-state index in [1.165, 1.54) is 12.8 Å². The van der Waals surface area contributed by atoms with E-state index in [1.807, 2.05) is 41.5 Å². The van der Waals surface area contributed by atoms with Gasteiger partial charge in [0.05, 0.1) is 5.56 Å². The molecular formula is C21H33NO3. The largest absolute Gasteiger partial charge is 0.507 e. The number of phenolic OH excluding ortho intramolecular Hbond substituents is 1. The van der Waals surface area contributed by atoms with Gasteiger partial charge in [0.1, 0.15) is 12.4 Å². The van der Waals surface area contributed by atoms with Gasteiger partial charge in [0.25, 0.3) is 0 Å². The monoisotopic (exact) mass is 347 g/mol. The predicted molar refractivity (Wildman–Crippen MR) is 101 cm³/mol. The van der Waals surface area contributed by atoms with Crippen LogP contribution in [0.3, 0.4) is 0 Å². The number of ether oxygens (including phenoxy) is 1. The first kappa shape index (κ1) is 19.8. The number of carbonyl (C=O) groups is 1. The Labute approximate surface area is 152 Å². The van der Waals surface area contributed by atoms with Crippen molar-refractivity contribution in [3.63, 3.8) is 0 Å². The molecule has 140 valence electrons. The van der Waals surface area contributed by atoms with Crippen LogP contribution < -0.4 is 5.32 Å². The van der Waals surface area contributed by atoms with Gasteiger partial charge in [0.15, 0.2) is 0 Å². The van der Waals surface area contributed by atoms with Crippen molar-refractivity contribution < 1.29 is 14.6 Å². The lowest BCUT2D eigenvalue weighted by molar-refractivity contribution is 0.0451. The lowest BCUT2D eigenvalue weighted by Crippen LogP contribution is -2.38. The first-order chi connectivity index (χ1) is 11.5. The predicted octanol–water partition coefficient (Wildman–Crippen LogP) is 4.29. The lowest BCUT2D eigenvalue weighted by atomic mass is 9.78. The second-order valence-corrected chi connectivity index (χ2v) is 9.17. The van der Waals surface area contributed by atoms with Crippen molar-refractivity contribution in [2.75, 3.05) is 13.2 Å². The molecule has 0 aromatic heterocycles. The van der Waals surface area contributed by atoms with E-state index in [0.717, 1.165) is 24.1 Å². The summed E-state index contributed by atoms with van der Waals surface area (Å²) < 4.78 is 5.56. The summed E-state index contributed by atoms with van der Waals surface area (Å²) in [5.74, 6) is -0.0335. The molecule has 0 bridgehead atoms. The average Bonchev–Trinajstić information content (AvgIpc) is 2.51. The second kappa shape index (κ2) is 7.36. The number of piperidine rings is 1. The molecule has 1 fully saturated rings. The highest BCUT2D eigenvalue weighted by atomic mass is 16.5. The van der Waals surface area contributed by atoms with Crippen LogP contribution in [-0.2, 0) is 15.6 Å². The minimum absolute atomic E-state index is 0.249. The molecule has 0 radical (unpaired) electrons. The summed E-state index contributed by atoms with van der Waals surface area (Å²) in [5, 5.41) is 14.1. The van der Waals surface area contributed by atoms with Gasteiger partial charge >= 0.3 is 5.97 Å². The van der Waals surface area contributed by atoms with Crippen molar-refractivity contribution in [1.29, 1.82) is 0 Å². The number of carbonyl (C=O) groups excluding carboxylic acids is 1. The fraction of sp³-hybridized carbons (Fsp3) is 0.667. The molecule has 1 aliphatic heterocycles. The van der Waals surface area contributed by atoms with Crippen molar-refractivity contribution in [1.82, 2.24) is 5.32 Å². The molecule has 1 heterocycles. The molecule has 1 atom stereocenters. The molecule has 4 heteroatoms. The highest BCUT2D eigenvalue weighted by molar-refractivity contribution is 5.90. The number of hydrogen-bond acceptors (Lipinski definition) is 4. The van der Waals surface area contributed by atoms with Gasteiger partial charge in [-0.15, -0.1) is 0 Å². The van der Waals surface area contributed by atoms with E-state index in [0.29, 0.717) is 12.2 Å². The zero-order chi connectivity index (χ0) is 18.8. The average molecular weight is 347 g/mol. The molecule has 1 aromatic carbocycles. The fourth-order valence-corrected chi connectivity index (χ4v) is 3.22. The maximum Gasteiger partial charge on any atom is 0.338 e. The third-order valence-corrected chi connectivity index (χ3v) is 4.79. The Morgan fingerprint density at radius 2 is 1.68 bits per heavy atom. The molecule has 25 heavy (non-hydrogen) atoms. The molecule has 0 aliphatic carbocycles. The minimum atomic E-state index is -0.316. The zero-order valence-electron chi connectivity index (χ0n) is 16.5. The van der Waals surface area contributed by atoms with E-state index in [4.69, 9.17) is 4.74 Å². The van der Waals surface area contributed by atoms with Gasteiger partial charge in [0.2, 0.25) is 0 Å². The Bertz CT molecular complexity index is 582. The van der Waals surface area contributed by atoms with E-state index in [9.17, 15) is 9.90 Å². The number of hydrogen-bond donors (Lipinski definition) is 2. The molecule has 0 amide bonds. The Balaban J connectivity index is 2.28. The topological polar surface area (TPSA) is 58.6 Å². The van der Waals surface area contributed by atoms with Gasteiger partial charge in [-0.1, -0.05) is 48.0 Å². The molecule has 4 nitrogen and oxygen atoms in total. The molecule has 0 spiro atoms. The van der Waals surface area contributed by atoms with Gasteiger partial charge in [-0.25, -0.2) is 4.79 Å². The Morgan fingerprint density at radius 3 is 2.12 bits per heavy atom. The zero-order valence-corrected chi connectivity index (χ0v) is 16.5. The molecule has 2 rings (SSSR count). The van der Waals surface area contributed by atoms with Crippen molar-refractivity contribution in [2.24, 2.45) is 0 Å². The fourth-order valence-electron chi connectivity index (χ4n) is 3.22. The molecule has 1 aromatic rings. The number of rotatable bonds is 3. The Morgan fingerprint density at radius 1 is 1.12 bits per heavy atom. The van der Waals surface area contributed by atoms with Crippen molar-refractivity contribution in [3.05, 3.63) is 28.8 Å². The van der Waals surface area contributed by atoms with Crippen LogP contribution in [0.5, 0.6) is 5.75 Å². The number of benzene rings is 1. The highest BCUT2D eigenvalue weighted by Crippen LogP contribution is 2.39. The van der Waals surface area contributed by atoms with Crippen LogP contribution in [0.2, 0.25) is 0 Å². The van der Waals surface area contributed by atoms with Gasteiger partial charge in [-0.3, -0.25) is 0 Å². The van der Waals surface area contributed by atoms with E-state index in [1.54, 1.807) is 12.1 Å². The molecule has 1 aliphatic rings. The molecule has 0 saturated carbocycles. The smallest absolute Gasteiger partial charge is 0.338 e. The summed E-state index contributed by atoms with van der Waals surface area (Å²) in [6.07, 6.45) is 3.41. The van der Waals surface area contributed by atoms with Crippen molar-refractivity contribution in [3.8, 4) is 5.75 Å². The van der Waals surface area contributed by atoms with Gasteiger partial charge in [-0.05, 0) is 42.3 Å². The summed E-state index contributed by atoms with van der Waals surface area (Å²) in [6.45, 7) is 13.6. The van der Waals surface area contributed by atoms with Crippen LogP contribution in [-0.4, -0.2) is 30.3 Å². The Hall–Kier alpha value is -1.55. The second-order valence-electron chi connectivity index (χ2n) is 9.17. The van der Waals surface area contributed by atoms with Crippen LogP contribution in [0, 0.1) is 0 Å². The maximum atomic E-state index is 12.6. The van der Waals surface area contributed by atoms with E-state index in [2.05, 4.69) is 5.32 Å². The van der Waals surface area contributed by atoms with E-state index >= 15 is 0 Å². The molecular weight excluding hydrogens is 314 g/mol. The van der Waals surface area contributed by atoms with Gasteiger partial charge < -0.3 is 15.2 Å². The van der Waals surface area contributed by atoms with Crippen molar-refractivity contribution >= 4 is 5.97 Å². The van der Waals surface area contributed by atoms with Crippen molar-refractivity contribution in [2.45, 2.75) is 77.7 Å². The third-order valence-electron chi connectivity index (χ3n) is 4.79. The van der Waals surface area contributed by atoms with E-state index in [-0.39, 0.29) is 28.6 Å². The maximum absolute atomic E-state index is 12.6. The molecule has 1 unspecified atom stereocenters. The molecule has 1 saturated heterocycles. The summed E-state index contributed by atoms with van der Waals surface area (Å²) in [5.41, 5.74) is 1.56. The summed E-state index contributed by atoms with van der Waals surface area (Å²) in [4.78, 5) is 12.6. The highest BCUT2D eigenvalue weighted by Gasteiger charge is 2.28. The first-order valence-electron chi connectivity index (χ1n) is 9.28.